The smallest absolute Gasteiger partial charge is 0.139 e. The molecule has 2 rings (SSSR count). The highest BCUT2D eigenvalue weighted by atomic mass is 79.9. The van der Waals surface area contributed by atoms with Crippen molar-refractivity contribution in [2.45, 2.75) is 6.92 Å². The minimum atomic E-state index is 0.433. The molecule has 0 unspecified atom stereocenters. The van der Waals surface area contributed by atoms with E-state index in [2.05, 4.69) is 37.7 Å². The Morgan fingerprint density at radius 1 is 1.24 bits per heavy atom. The number of rotatable bonds is 0. The van der Waals surface area contributed by atoms with Crippen molar-refractivity contribution >= 4 is 21.7 Å². The summed E-state index contributed by atoms with van der Waals surface area (Å²) in [4.78, 5) is 8.07. The molecule has 0 aliphatic heterocycles. The molecule has 2 aromatic heterocycles. The molecule has 2 aromatic rings. The molecule has 2 heterocycles. The first-order chi connectivity index (χ1) is 8.16. The predicted octanol–water partition coefficient (Wildman–Crippen LogP) is 2.53. The Morgan fingerprint density at radius 2 is 2.00 bits per heavy atom. The van der Waals surface area contributed by atoms with Crippen LogP contribution in [0.5, 0.6) is 0 Å². The summed E-state index contributed by atoms with van der Waals surface area (Å²) in [5.41, 5.74) is 8.44. The highest BCUT2D eigenvalue weighted by molar-refractivity contribution is 9.10. The summed E-state index contributed by atoms with van der Waals surface area (Å²) in [7, 11) is 0. The van der Waals surface area contributed by atoms with Crippen molar-refractivity contribution in [1.82, 2.24) is 9.97 Å². The average molecular weight is 288 g/mol. The third-order valence-corrected chi connectivity index (χ3v) is 2.69. The van der Waals surface area contributed by atoms with Crippen molar-refractivity contribution in [3.63, 3.8) is 0 Å². The van der Waals surface area contributed by atoms with Crippen LogP contribution in [0.25, 0.3) is 0 Å². The Bertz CT molecular complexity index is 612. The van der Waals surface area contributed by atoms with E-state index < -0.39 is 0 Å². The summed E-state index contributed by atoms with van der Waals surface area (Å²) in [5.74, 6) is 6.48. The summed E-state index contributed by atoms with van der Waals surface area (Å²) in [6, 6.07) is 3.77. The van der Waals surface area contributed by atoms with E-state index in [1.165, 1.54) is 0 Å². The van der Waals surface area contributed by atoms with E-state index in [0.29, 0.717) is 11.4 Å². The SMILES string of the molecule is Cc1ccncc1C#Cc1cc(Br)cnc1N. The van der Waals surface area contributed by atoms with Gasteiger partial charge in [0.05, 0.1) is 5.56 Å². The topological polar surface area (TPSA) is 51.8 Å². The summed E-state index contributed by atoms with van der Waals surface area (Å²) >= 11 is 3.34. The number of aromatic nitrogens is 2. The van der Waals surface area contributed by atoms with Crippen molar-refractivity contribution in [3.05, 3.63) is 51.9 Å². The van der Waals surface area contributed by atoms with Gasteiger partial charge >= 0.3 is 0 Å². The Kier molecular flexibility index (Phi) is 3.40. The van der Waals surface area contributed by atoms with Gasteiger partial charge in [-0.15, -0.1) is 0 Å². The van der Waals surface area contributed by atoms with Crippen LogP contribution in [-0.4, -0.2) is 9.97 Å². The third kappa shape index (κ3) is 2.83. The van der Waals surface area contributed by atoms with Crippen molar-refractivity contribution in [2.24, 2.45) is 0 Å². The van der Waals surface area contributed by atoms with Gasteiger partial charge < -0.3 is 5.73 Å². The lowest BCUT2D eigenvalue weighted by Crippen LogP contribution is -1.94. The third-order valence-electron chi connectivity index (χ3n) is 2.26. The van der Waals surface area contributed by atoms with Gasteiger partial charge in [0, 0.05) is 28.6 Å². The molecular formula is C13H10BrN3. The van der Waals surface area contributed by atoms with Gasteiger partial charge in [0.15, 0.2) is 0 Å². The zero-order chi connectivity index (χ0) is 12.3. The van der Waals surface area contributed by atoms with Crippen LogP contribution in [0.3, 0.4) is 0 Å². The van der Waals surface area contributed by atoms with Crippen LogP contribution in [-0.2, 0) is 0 Å². The van der Waals surface area contributed by atoms with E-state index in [0.717, 1.165) is 15.6 Å². The summed E-state index contributed by atoms with van der Waals surface area (Å²) in [6.07, 6.45) is 5.13. The normalized spacial score (nSPS) is 9.53. The number of aryl methyl sites for hydroxylation is 1. The molecule has 17 heavy (non-hydrogen) atoms. The molecule has 84 valence electrons. The lowest BCUT2D eigenvalue weighted by atomic mass is 10.1. The maximum absolute atomic E-state index is 5.74. The maximum Gasteiger partial charge on any atom is 0.139 e. The molecule has 4 heteroatoms. The molecular weight excluding hydrogens is 278 g/mol. The summed E-state index contributed by atoms with van der Waals surface area (Å²) in [5, 5.41) is 0. The van der Waals surface area contributed by atoms with Crippen LogP contribution in [0.4, 0.5) is 5.82 Å². The van der Waals surface area contributed by atoms with E-state index in [9.17, 15) is 0 Å². The monoisotopic (exact) mass is 287 g/mol. The molecule has 0 aliphatic carbocycles. The molecule has 0 fully saturated rings. The first kappa shape index (κ1) is 11.6. The van der Waals surface area contributed by atoms with Crippen molar-refractivity contribution in [3.8, 4) is 11.8 Å². The number of anilines is 1. The summed E-state index contributed by atoms with van der Waals surface area (Å²) in [6.45, 7) is 1.99. The van der Waals surface area contributed by atoms with E-state index in [4.69, 9.17) is 5.73 Å². The second-order valence-corrected chi connectivity index (χ2v) is 4.44. The van der Waals surface area contributed by atoms with Gasteiger partial charge in [0.1, 0.15) is 5.82 Å². The van der Waals surface area contributed by atoms with Gasteiger partial charge in [-0.3, -0.25) is 4.98 Å². The maximum atomic E-state index is 5.74. The lowest BCUT2D eigenvalue weighted by Gasteiger charge is -1.98. The standard InChI is InChI=1S/C13H10BrN3/c1-9-4-5-16-7-11(9)3-2-10-6-12(14)8-17-13(10)15/h4-8H,1H3,(H2,15,17). The second kappa shape index (κ2) is 4.98. The fourth-order valence-electron chi connectivity index (χ4n) is 1.28. The zero-order valence-electron chi connectivity index (χ0n) is 9.24. The lowest BCUT2D eigenvalue weighted by molar-refractivity contribution is 1.26. The van der Waals surface area contributed by atoms with Crippen molar-refractivity contribution in [2.75, 3.05) is 5.73 Å². The Balaban J connectivity index is 2.40. The molecule has 3 nitrogen and oxygen atoms in total. The molecule has 0 amide bonds. The first-order valence-electron chi connectivity index (χ1n) is 5.00. The minimum absolute atomic E-state index is 0.433. The van der Waals surface area contributed by atoms with Gasteiger partial charge in [0.2, 0.25) is 0 Å². The molecule has 0 bridgehead atoms. The number of hydrogen-bond acceptors (Lipinski definition) is 3. The van der Waals surface area contributed by atoms with E-state index in [1.54, 1.807) is 18.6 Å². The van der Waals surface area contributed by atoms with Crippen LogP contribution in [0.2, 0.25) is 0 Å². The number of hydrogen-bond donors (Lipinski definition) is 1. The van der Waals surface area contributed by atoms with Gasteiger partial charge in [-0.25, -0.2) is 4.98 Å². The van der Waals surface area contributed by atoms with E-state index >= 15 is 0 Å². The molecule has 0 saturated carbocycles. The molecule has 0 radical (unpaired) electrons. The number of nitrogens with two attached hydrogens (primary N) is 1. The highest BCUT2D eigenvalue weighted by Crippen LogP contribution is 2.14. The van der Waals surface area contributed by atoms with Gasteiger partial charge in [-0.2, -0.15) is 0 Å². The molecule has 0 saturated heterocycles. The highest BCUT2D eigenvalue weighted by Gasteiger charge is 1.98. The molecule has 0 aliphatic rings. The van der Waals surface area contributed by atoms with Crippen LogP contribution in [0.15, 0.2) is 35.2 Å². The van der Waals surface area contributed by atoms with Crippen LogP contribution < -0.4 is 5.73 Å². The van der Waals surface area contributed by atoms with Gasteiger partial charge in [-0.05, 0) is 40.5 Å². The van der Waals surface area contributed by atoms with E-state index in [-0.39, 0.29) is 0 Å². The molecule has 0 spiro atoms. The Morgan fingerprint density at radius 3 is 2.76 bits per heavy atom. The largest absolute Gasteiger partial charge is 0.383 e. The first-order valence-corrected chi connectivity index (χ1v) is 5.80. The number of halogens is 1. The molecule has 2 N–H and O–H groups in total. The van der Waals surface area contributed by atoms with Crippen molar-refractivity contribution < 1.29 is 0 Å². The number of nitrogens with zero attached hydrogens (tertiary/aromatic N) is 2. The number of pyridine rings is 2. The Hall–Kier alpha value is -1.86. The summed E-state index contributed by atoms with van der Waals surface area (Å²) < 4.78 is 0.860. The number of nitrogen functional groups attached to an aromatic ring is 1. The zero-order valence-corrected chi connectivity index (χ0v) is 10.8. The van der Waals surface area contributed by atoms with Gasteiger partial charge in [0.25, 0.3) is 0 Å². The van der Waals surface area contributed by atoms with Crippen LogP contribution in [0, 0.1) is 18.8 Å². The quantitative estimate of drug-likeness (QED) is 0.758. The fraction of sp³-hybridized carbons (Fsp3) is 0.0769. The van der Waals surface area contributed by atoms with Crippen molar-refractivity contribution in [1.29, 1.82) is 0 Å². The van der Waals surface area contributed by atoms with Gasteiger partial charge in [-0.1, -0.05) is 11.8 Å². The van der Waals surface area contributed by atoms with E-state index in [1.807, 2.05) is 19.1 Å². The molecule has 0 atom stereocenters. The van der Waals surface area contributed by atoms with Crippen LogP contribution in [0.1, 0.15) is 16.7 Å². The average Bonchev–Trinajstić information content (AvgIpc) is 2.32. The fourth-order valence-corrected chi connectivity index (χ4v) is 1.61. The molecule has 0 aromatic carbocycles. The second-order valence-electron chi connectivity index (χ2n) is 3.53. The Labute approximate surface area is 108 Å². The van der Waals surface area contributed by atoms with Crippen LogP contribution >= 0.6 is 15.9 Å². The minimum Gasteiger partial charge on any atom is -0.383 e. The predicted molar refractivity (Wildman–Crippen MR) is 71.3 cm³/mol.